The number of para-hydroxylation sites is 2. The highest BCUT2D eigenvalue weighted by Crippen LogP contribution is 2.25. The van der Waals surface area contributed by atoms with E-state index >= 15 is 0 Å². The van der Waals surface area contributed by atoms with Crippen LogP contribution >= 0.6 is 0 Å². The van der Waals surface area contributed by atoms with Gasteiger partial charge in [-0.15, -0.1) is 0 Å². The van der Waals surface area contributed by atoms with Gasteiger partial charge in [0.2, 0.25) is 0 Å². The third-order valence-electron chi connectivity index (χ3n) is 2.80. The molecule has 5 nitrogen and oxygen atoms in total. The number of rotatable bonds is 5. The summed E-state index contributed by atoms with van der Waals surface area (Å²) in [5.74, 6) is 1.09. The lowest BCUT2D eigenvalue weighted by Gasteiger charge is -2.14. The molecule has 5 heteroatoms. The third-order valence-corrected chi connectivity index (χ3v) is 2.80. The number of amides is 1. The number of hydrogen-bond donors (Lipinski definition) is 2. The van der Waals surface area contributed by atoms with Crippen molar-refractivity contribution in [3.05, 3.63) is 47.9 Å². The van der Waals surface area contributed by atoms with Gasteiger partial charge in [-0.3, -0.25) is 4.79 Å². The minimum absolute atomic E-state index is 0.0244. The van der Waals surface area contributed by atoms with Gasteiger partial charge in [-0.1, -0.05) is 12.1 Å². The van der Waals surface area contributed by atoms with Gasteiger partial charge in [0, 0.05) is 0 Å². The van der Waals surface area contributed by atoms with Gasteiger partial charge in [-0.25, -0.2) is 0 Å². The minimum atomic E-state index is -0.332. The molecular formula is C16H20N2O3. The summed E-state index contributed by atoms with van der Waals surface area (Å²) in [4.78, 5) is 12.2. The summed E-state index contributed by atoms with van der Waals surface area (Å²) in [5, 5.41) is 2.79. The number of benzene rings is 1. The molecule has 1 atom stereocenters. The first kappa shape index (κ1) is 15.1. The largest absolute Gasteiger partial charge is 0.489 e. The van der Waals surface area contributed by atoms with E-state index in [1.165, 1.54) is 0 Å². The summed E-state index contributed by atoms with van der Waals surface area (Å²) < 4.78 is 11.1. The van der Waals surface area contributed by atoms with E-state index in [-0.39, 0.29) is 23.8 Å². The van der Waals surface area contributed by atoms with Crippen molar-refractivity contribution in [2.24, 2.45) is 5.73 Å². The van der Waals surface area contributed by atoms with Crippen molar-refractivity contribution in [3.63, 3.8) is 0 Å². The number of hydrogen-bond acceptors (Lipinski definition) is 4. The average molecular weight is 288 g/mol. The molecule has 0 saturated heterocycles. The molecule has 0 aliphatic rings. The zero-order valence-corrected chi connectivity index (χ0v) is 12.4. The van der Waals surface area contributed by atoms with E-state index in [0.717, 1.165) is 0 Å². The van der Waals surface area contributed by atoms with Crippen molar-refractivity contribution in [1.29, 1.82) is 0 Å². The lowest BCUT2D eigenvalue weighted by Crippen LogP contribution is -2.14. The maximum Gasteiger partial charge on any atom is 0.291 e. The Bertz CT molecular complexity index is 617. The molecule has 0 spiro atoms. The van der Waals surface area contributed by atoms with Crippen LogP contribution < -0.4 is 15.8 Å². The fourth-order valence-electron chi connectivity index (χ4n) is 1.83. The van der Waals surface area contributed by atoms with E-state index in [9.17, 15) is 4.79 Å². The topological polar surface area (TPSA) is 77.5 Å². The Labute approximate surface area is 124 Å². The monoisotopic (exact) mass is 288 g/mol. The Kier molecular flexibility index (Phi) is 4.65. The van der Waals surface area contributed by atoms with Crippen molar-refractivity contribution in [3.8, 4) is 5.75 Å². The van der Waals surface area contributed by atoms with Gasteiger partial charge >= 0.3 is 0 Å². The molecule has 1 unspecified atom stereocenters. The molecule has 0 saturated carbocycles. The second kappa shape index (κ2) is 6.45. The van der Waals surface area contributed by atoms with Crippen molar-refractivity contribution in [1.82, 2.24) is 0 Å². The predicted molar refractivity (Wildman–Crippen MR) is 81.5 cm³/mol. The van der Waals surface area contributed by atoms with Crippen LogP contribution in [0, 0.1) is 0 Å². The van der Waals surface area contributed by atoms with E-state index < -0.39 is 0 Å². The van der Waals surface area contributed by atoms with E-state index in [0.29, 0.717) is 17.2 Å². The van der Waals surface area contributed by atoms with Crippen molar-refractivity contribution < 1.29 is 13.9 Å². The Morgan fingerprint density at radius 2 is 1.90 bits per heavy atom. The molecule has 2 rings (SSSR count). The van der Waals surface area contributed by atoms with Crippen LogP contribution in [0.4, 0.5) is 5.69 Å². The Balaban J connectivity index is 2.15. The molecule has 0 radical (unpaired) electrons. The molecule has 2 aromatic rings. The summed E-state index contributed by atoms with van der Waals surface area (Å²) in [6, 6.07) is 10.3. The summed E-state index contributed by atoms with van der Waals surface area (Å²) in [6.07, 6.45) is 0.0244. The summed E-state index contributed by atoms with van der Waals surface area (Å²) in [6.45, 7) is 5.66. The van der Waals surface area contributed by atoms with E-state index in [1.807, 2.05) is 32.0 Å². The summed E-state index contributed by atoms with van der Waals surface area (Å²) >= 11 is 0. The molecule has 0 bridgehead atoms. The molecule has 0 fully saturated rings. The van der Waals surface area contributed by atoms with Crippen LogP contribution in [0.25, 0.3) is 0 Å². The van der Waals surface area contributed by atoms with E-state index in [2.05, 4.69) is 5.32 Å². The smallest absolute Gasteiger partial charge is 0.291 e. The van der Waals surface area contributed by atoms with Gasteiger partial charge in [0.1, 0.15) is 11.5 Å². The van der Waals surface area contributed by atoms with Crippen LogP contribution in [-0.2, 0) is 0 Å². The lowest BCUT2D eigenvalue weighted by molar-refractivity contribution is 0.0993. The standard InChI is InChI=1S/C16H20N2O3/c1-10(2)20-14-7-5-4-6-12(14)18-16(19)15-9-8-13(21-15)11(3)17/h4-11H,17H2,1-3H3,(H,18,19). The van der Waals surface area contributed by atoms with Gasteiger partial charge in [0.25, 0.3) is 5.91 Å². The SMILES string of the molecule is CC(C)Oc1ccccc1NC(=O)c1ccc(C(C)N)o1. The molecule has 0 aliphatic carbocycles. The van der Waals surface area contributed by atoms with Gasteiger partial charge < -0.3 is 20.2 Å². The molecule has 21 heavy (non-hydrogen) atoms. The second-order valence-corrected chi connectivity index (χ2v) is 5.11. The number of nitrogens with one attached hydrogen (secondary N) is 1. The second-order valence-electron chi connectivity index (χ2n) is 5.11. The first-order valence-corrected chi connectivity index (χ1v) is 6.89. The van der Waals surface area contributed by atoms with Crippen molar-refractivity contribution >= 4 is 11.6 Å². The molecule has 3 N–H and O–H groups in total. The number of carbonyl (C=O) groups excluding carboxylic acids is 1. The maximum absolute atomic E-state index is 12.2. The highest BCUT2D eigenvalue weighted by atomic mass is 16.5. The van der Waals surface area contributed by atoms with Crippen LogP contribution in [0.5, 0.6) is 5.75 Å². The molecular weight excluding hydrogens is 268 g/mol. The average Bonchev–Trinajstić information content (AvgIpc) is 2.90. The predicted octanol–water partition coefficient (Wildman–Crippen LogP) is 3.34. The Morgan fingerprint density at radius 1 is 1.19 bits per heavy atom. The van der Waals surface area contributed by atoms with Gasteiger partial charge in [0.15, 0.2) is 5.76 Å². The highest BCUT2D eigenvalue weighted by Gasteiger charge is 2.15. The Morgan fingerprint density at radius 3 is 2.52 bits per heavy atom. The first-order valence-electron chi connectivity index (χ1n) is 6.89. The maximum atomic E-state index is 12.2. The normalized spacial score (nSPS) is 12.2. The highest BCUT2D eigenvalue weighted by molar-refractivity contribution is 6.03. The van der Waals surface area contributed by atoms with Gasteiger partial charge in [-0.05, 0) is 45.0 Å². The minimum Gasteiger partial charge on any atom is -0.489 e. The zero-order valence-electron chi connectivity index (χ0n) is 12.4. The number of carbonyl (C=O) groups is 1. The number of anilines is 1. The summed E-state index contributed by atoms with van der Waals surface area (Å²) in [7, 11) is 0. The van der Waals surface area contributed by atoms with Crippen molar-refractivity contribution in [2.45, 2.75) is 32.9 Å². The van der Waals surface area contributed by atoms with E-state index in [1.54, 1.807) is 25.1 Å². The Hall–Kier alpha value is -2.27. The number of nitrogens with two attached hydrogens (primary N) is 1. The van der Waals surface area contributed by atoms with Crippen LogP contribution in [0.3, 0.4) is 0 Å². The molecule has 1 amide bonds. The van der Waals surface area contributed by atoms with Crippen molar-refractivity contribution in [2.75, 3.05) is 5.32 Å². The number of furan rings is 1. The van der Waals surface area contributed by atoms with Crippen LogP contribution in [0.1, 0.15) is 43.1 Å². The molecule has 0 aliphatic heterocycles. The lowest BCUT2D eigenvalue weighted by atomic mass is 10.2. The fraction of sp³-hybridized carbons (Fsp3) is 0.312. The third kappa shape index (κ3) is 3.86. The molecule has 112 valence electrons. The fourth-order valence-corrected chi connectivity index (χ4v) is 1.83. The quantitative estimate of drug-likeness (QED) is 0.884. The van der Waals surface area contributed by atoms with Crippen LogP contribution in [-0.4, -0.2) is 12.0 Å². The molecule has 1 heterocycles. The molecule has 1 aromatic carbocycles. The first-order chi connectivity index (χ1) is 9.97. The summed E-state index contributed by atoms with van der Waals surface area (Å²) in [5.41, 5.74) is 6.32. The van der Waals surface area contributed by atoms with Crippen LogP contribution in [0.15, 0.2) is 40.8 Å². The van der Waals surface area contributed by atoms with E-state index in [4.69, 9.17) is 14.9 Å². The van der Waals surface area contributed by atoms with Crippen LogP contribution in [0.2, 0.25) is 0 Å². The van der Waals surface area contributed by atoms with Gasteiger partial charge in [0.05, 0.1) is 17.8 Å². The molecule has 1 aromatic heterocycles. The van der Waals surface area contributed by atoms with Gasteiger partial charge in [-0.2, -0.15) is 0 Å². The zero-order chi connectivity index (χ0) is 15.4. The number of ether oxygens (including phenoxy) is 1.